The Labute approximate surface area is 109 Å². The number of aromatic nitrogens is 4. The molecular weight excluding hydrogens is 252 g/mol. The molecule has 19 heavy (non-hydrogen) atoms. The maximum absolute atomic E-state index is 10.4. The Morgan fingerprint density at radius 1 is 1.53 bits per heavy atom. The molecule has 1 rings (SSSR count). The molecule has 0 saturated heterocycles. The minimum atomic E-state index is -1.11. The van der Waals surface area contributed by atoms with E-state index in [-0.39, 0.29) is 6.42 Å². The molecule has 0 aromatic carbocycles. The van der Waals surface area contributed by atoms with Crippen molar-refractivity contribution in [2.45, 2.75) is 25.0 Å². The number of carboxylic acids is 1. The van der Waals surface area contributed by atoms with Gasteiger partial charge in [-0.1, -0.05) is 18.7 Å². The van der Waals surface area contributed by atoms with E-state index in [1.807, 2.05) is 0 Å². The molecule has 1 aromatic heterocycles. The highest BCUT2D eigenvalue weighted by Gasteiger charge is 2.13. The lowest BCUT2D eigenvalue weighted by molar-refractivity contribution is -0.139. The van der Waals surface area contributed by atoms with E-state index in [1.165, 1.54) is 16.8 Å². The normalized spacial score (nSPS) is 14.5. The second-order valence-electron chi connectivity index (χ2n) is 4.07. The number of carbonyl (C=O) groups is 1. The van der Waals surface area contributed by atoms with Crippen molar-refractivity contribution in [1.29, 1.82) is 0 Å². The van der Waals surface area contributed by atoms with Crippen LogP contribution in [0.3, 0.4) is 0 Å². The van der Waals surface area contributed by atoms with E-state index in [2.05, 4.69) is 22.1 Å². The number of carboxylic acid groups (broad SMARTS) is 1. The monoisotopic (exact) mass is 268 g/mol. The van der Waals surface area contributed by atoms with Gasteiger partial charge in [0.05, 0.1) is 18.6 Å². The topological polar surface area (TPSA) is 121 Å². The van der Waals surface area contributed by atoms with Crippen molar-refractivity contribution in [3.8, 4) is 0 Å². The summed E-state index contributed by atoms with van der Waals surface area (Å²) in [6.07, 6.45) is 0.396. The summed E-state index contributed by atoms with van der Waals surface area (Å²) in [4.78, 5) is 10.4. The molecule has 3 N–H and O–H groups in total. The minimum absolute atomic E-state index is 0.0624. The molecule has 0 spiro atoms. The van der Waals surface area contributed by atoms with Crippen LogP contribution < -0.4 is 0 Å². The molecule has 0 aliphatic heterocycles. The zero-order valence-corrected chi connectivity index (χ0v) is 10.5. The highest BCUT2D eigenvalue weighted by molar-refractivity contribution is 5.67. The molecule has 8 nitrogen and oxygen atoms in total. The van der Waals surface area contributed by atoms with Crippen molar-refractivity contribution in [2.75, 3.05) is 0 Å². The Morgan fingerprint density at radius 2 is 2.21 bits per heavy atom. The third-order valence-electron chi connectivity index (χ3n) is 2.35. The maximum atomic E-state index is 10.4. The fourth-order valence-corrected chi connectivity index (χ4v) is 1.45. The van der Waals surface area contributed by atoms with Crippen LogP contribution in [0, 0.1) is 0 Å². The summed E-state index contributed by atoms with van der Waals surface area (Å²) < 4.78 is 1.43. The number of tetrazole rings is 1. The van der Waals surface area contributed by atoms with Gasteiger partial charge >= 0.3 is 5.97 Å². The second kappa shape index (κ2) is 6.76. The first kappa shape index (κ1) is 15.0. The van der Waals surface area contributed by atoms with Gasteiger partial charge in [0, 0.05) is 19.0 Å². The Hall–Kier alpha value is -2.06. The predicted molar refractivity (Wildman–Crippen MR) is 65.9 cm³/mol. The fraction of sp³-hybridized carbons (Fsp3) is 0.455. The van der Waals surface area contributed by atoms with Gasteiger partial charge in [0.25, 0.3) is 0 Å². The van der Waals surface area contributed by atoms with Crippen LogP contribution in [-0.2, 0) is 11.8 Å². The number of allylic oxidation sites excluding steroid dienone is 2. The first-order valence-electron chi connectivity index (χ1n) is 5.58. The zero-order chi connectivity index (χ0) is 14.4. The van der Waals surface area contributed by atoms with Crippen LogP contribution in [0.2, 0.25) is 0 Å². The first-order chi connectivity index (χ1) is 8.90. The number of aryl methyl sites for hydroxylation is 1. The van der Waals surface area contributed by atoms with Gasteiger partial charge in [-0.2, -0.15) is 0 Å². The van der Waals surface area contributed by atoms with Gasteiger partial charge in [-0.3, -0.25) is 4.79 Å². The van der Waals surface area contributed by atoms with Crippen molar-refractivity contribution >= 4 is 11.5 Å². The van der Waals surface area contributed by atoms with Crippen LogP contribution in [0.15, 0.2) is 18.7 Å². The summed E-state index contributed by atoms with van der Waals surface area (Å²) in [7, 11) is 1.65. The largest absolute Gasteiger partial charge is 0.481 e. The fourth-order valence-electron chi connectivity index (χ4n) is 1.45. The smallest absolute Gasteiger partial charge is 0.305 e. The second-order valence-corrected chi connectivity index (χ2v) is 4.07. The van der Waals surface area contributed by atoms with Crippen molar-refractivity contribution in [3.63, 3.8) is 0 Å². The van der Waals surface area contributed by atoms with E-state index in [9.17, 15) is 15.0 Å². The maximum Gasteiger partial charge on any atom is 0.305 e. The standard InChI is InChI=1S/C11H16N4O4/c1-7(11-12-13-14-15(11)2)3-4-8(16)5-9(17)6-10(18)19/h3-4,8-9,16-17H,1,5-6H2,2H3,(H,18,19). The molecular formula is C11H16N4O4. The molecule has 0 saturated carbocycles. The van der Waals surface area contributed by atoms with Gasteiger partial charge in [-0.15, -0.1) is 5.10 Å². The summed E-state index contributed by atoms with van der Waals surface area (Å²) in [5.74, 6) is -0.659. The van der Waals surface area contributed by atoms with Crippen LogP contribution in [0.5, 0.6) is 0 Å². The number of aliphatic hydroxyl groups excluding tert-OH is 2. The van der Waals surface area contributed by atoms with Gasteiger partial charge < -0.3 is 15.3 Å². The molecule has 0 aliphatic carbocycles. The van der Waals surface area contributed by atoms with Crippen molar-refractivity contribution < 1.29 is 20.1 Å². The van der Waals surface area contributed by atoms with Gasteiger partial charge in [-0.25, -0.2) is 4.68 Å². The van der Waals surface area contributed by atoms with Crippen molar-refractivity contribution in [2.24, 2.45) is 7.05 Å². The van der Waals surface area contributed by atoms with Gasteiger partial charge in [0.2, 0.25) is 0 Å². The number of hydrogen-bond donors (Lipinski definition) is 3. The quantitative estimate of drug-likeness (QED) is 0.562. The number of aliphatic carboxylic acids is 1. The number of hydrogen-bond acceptors (Lipinski definition) is 6. The molecule has 8 heteroatoms. The summed E-state index contributed by atoms with van der Waals surface area (Å²) in [6.45, 7) is 3.74. The number of rotatable bonds is 7. The molecule has 2 unspecified atom stereocenters. The minimum Gasteiger partial charge on any atom is -0.481 e. The summed E-state index contributed by atoms with van der Waals surface area (Å²) in [5.41, 5.74) is 0.499. The molecule has 2 atom stereocenters. The van der Waals surface area contributed by atoms with E-state index < -0.39 is 24.6 Å². The molecule has 0 radical (unpaired) electrons. The molecule has 0 aliphatic rings. The Morgan fingerprint density at radius 3 is 2.74 bits per heavy atom. The average Bonchev–Trinajstić information content (AvgIpc) is 2.71. The number of aliphatic hydroxyl groups is 2. The van der Waals surface area contributed by atoms with Gasteiger partial charge in [0.1, 0.15) is 0 Å². The third-order valence-corrected chi connectivity index (χ3v) is 2.35. The SMILES string of the molecule is C=C(C=CC(O)CC(O)CC(=O)O)c1nnnn1C. The van der Waals surface area contributed by atoms with E-state index >= 15 is 0 Å². The zero-order valence-electron chi connectivity index (χ0n) is 10.5. The first-order valence-corrected chi connectivity index (χ1v) is 5.58. The molecule has 0 amide bonds. The predicted octanol–water partition coefficient (Wildman–Crippen LogP) is -0.634. The van der Waals surface area contributed by atoms with Crippen LogP contribution in [0.25, 0.3) is 5.57 Å². The van der Waals surface area contributed by atoms with Crippen molar-refractivity contribution in [1.82, 2.24) is 20.2 Å². The summed E-state index contributed by atoms with van der Waals surface area (Å²) in [5, 5.41) is 38.3. The Bertz CT molecular complexity index is 483. The highest BCUT2D eigenvalue weighted by atomic mass is 16.4. The van der Waals surface area contributed by atoms with Crippen LogP contribution in [-0.4, -0.2) is 53.7 Å². The lowest BCUT2D eigenvalue weighted by Gasteiger charge is -2.10. The number of nitrogens with zero attached hydrogens (tertiary/aromatic N) is 4. The average molecular weight is 268 g/mol. The lowest BCUT2D eigenvalue weighted by Crippen LogP contribution is -2.19. The van der Waals surface area contributed by atoms with Crippen LogP contribution in [0.1, 0.15) is 18.7 Å². The molecule has 1 heterocycles. The summed E-state index contributed by atoms with van der Waals surface area (Å²) in [6, 6.07) is 0. The lowest BCUT2D eigenvalue weighted by atomic mass is 10.1. The van der Waals surface area contributed by atoms with E-state index in [4.69, 9.17) is 5.11 Å². The van der Waals surface area contributed by atoms with E-state index in [0.29, 0.717) is 11.4 Å². The van der Waals surface area contributed by atoms with Crippen LogP contribution in [0.4, 0.5) is 0 Å². The third kappa shape index (κ3) is 4.98. The van der Waals surface area contributed by atoms with E-state index in [1.54, 1.807) is 7.05 Å². The summed E-state index contributed by atoms with van der Waals surface area (Å²) >= 11 is 0. The molecule has 0 bridgehead atoms. The Kier molecular flexibility index (Phi) is 5.34. The van der Waals surface area contributed by atoms with Crippen LogP contribution >= 0.6 is 0 Å². The molecule has 0 fully saturated rings. The van der Waals surface area contributed by atoms with E-state index in [0.717, 1.165) is 0 Å². The highest BCUT2D eigenvalue weighted by Crippen LogP contribution is 2.10. The van der Waals surface area contributed by atoms with Gasteiger partial charge in [0.15, 0.2) is 5.82 Å². The Balaban J connectivity index is 2.50. The van der Waals surface area contributed by atoms with Crippen molar-refractivity contribution in [3.05, 3.63) is 24.6 Å². The molecule has 1 aromatic rings. The molecule has 104 valence electrons. The van der Waals surface area contributed by atoms with Gasteiger partial charge in [-0.05, 0) is 10.4 Å².